The van der Waals surface area contributed by atoms with Crippen LogP contribution in [0.2, 0.25) is 0 Å². The van der Waals surface area contributed by atoms with Crippen LogP contribution < -0.4 is 20.9 Å². The number of thiazole rings is 1. The van der Waals surface area contributed by atoms with E-state index in [0.29, 0.717) is 22.0 Å². The molecule has 2 aromatic heterocycles. The van der Waals surface area contributed by atoms with Gasteiger partial charge in [-0.25, -0.2) is 19.4 Å². The lowest BCUT2D eigenvalue weighted by atomic mass is 9.77. The Hall–Kier alpha value is -6.85. The molecule has 0 spiro atoms. The van der Waals surface area contributed by atoms with Crippen molar-refractivity contribution in [2.75, 3.05) is 30.2 Å². The molecule has 22 heteroatoms. The largest absolute Gasteiger partial charge is 0.497 e. The van der Waals surface area contributed by atoms with Gasteiger partial charge in [-0.3, -0.25) is 23.7 Å². The molecule has 378 valence electrons. The molecule has 1 saturated heterocycles. The topological polar surface area (TPSA) is 228 Å². The van der Waals surface area contributed by atoms with Crippen molar-refractivity contribution in [1.29, 1.82) is 0 Å². The highest BCUT2D eigenvalue weighted by molar-refractivity contribution is 8.02. The maximum absolute atomic E-state index is 14.7. The number of oxime groups is 1. The number of hydrogen-bond donors (Lipinski definition) is 4. The van der Waals surface area contributed by atoms with Gasteiger partial charge in [0.05, 0.1) is 11.3 Å². The number of esters is 2. The van der Waals surface area contributed by atoms with Gasteiger partial charge < -0.3 is 34.8 Å². The third-order valence-corrected chi connectivity index (χ3v) is 16.3. The molecule has 17 nitrogen and oxygen atoms in total. The van der Waals surface area contributed by atoms with Gasteiger partial charge in [0.1, 0.15) is 46.3 Å². The Balaban J connectivity index is 1.11. The zero-order valence-corrected chi connectivity index (χ0v) is 43.9. The van der Waals surface area contributed by atoms with Crippen LogP contribution in [-0.4, -0.2) is 102 Å². The number of aromatic carboxylic acids is 1. The molecule has 73 heavy (non-hydrogen) atoms. The SMILES string of the molecule is COc1ccc(COC(=O)C2=C(CSc3s[nH]c(=O)c3C(=O)O)CSC3C(NC(=O)/C(=N\OC(SC)C(=O)OC(C)(C)C)c4csc(NC(c5ccccc5)(c5ccccc5)c5ccccc5)n4)C(=O)N23)cc1. The first-order valence-electron chi connectivity index (χ1n) is 22.4. The summed E-state index contributed by atoms with van der Waals surface area (Å²) in [5, 5.41) is 21.7. The molecule has 3 atom stereocenters. The number of nitrogens with one attached hydrogen (secondary N) is 3. The highest BCUT2D eigenvalue weighted by atomic mass is 32.2. The highest BCUT2D eigenvalue weighted by Crippen LogP contribution is 2.44. The van der Waals surface area contributed by atoms with Crippen LogP contribution in [0.25, 0.3) is 0 Å². The quantitative estimate of drug-likeness (QED) is 0.0108. The molecule has 6 aromatic rings. The molecule has 2 amide bonds. The molecule has 2 aliphatic rings. The number of carbonyl (C=O) groups is 5. The average molecular weight is 1080 g/mol. The van der Waals surface area contributed by atoms with Crippen molar-refractivity contribution in [2.45, 2.75) is 59.6 Å². The van der Waals surface area contributed by atoms with Crippen LogP contribution >= 0.6 is 58.2 Å². The number of methoxy groups -OCH3 is 1. The number of amides is 2. The normalized spacial score (nSPS) is 16.2. The molecule has 8 rings (SSSR count). The number of aromatic amines is 1. The van der Waals surface area contributed by atoms with Gasteiger partial charge in [-0.1, -0.05) is 120 Å². The summed E-state index contributed by atoms with van der Waals surface area (Å²) in [6, 6.07) is 35.3. The van der Waals surface area contributed by atoms with E-state index in [1.807, 2.05) is 91.0 Å². The number of thioether (sulfide) groups is 3. The Morgan fingerprint density at radius 1 is 0.918 bits per heavy atom. The fraction of sp³-hybridized carbons (Fsp3) is 0.255. The lowest BCUT2D eigenvalue weighted by molar-refractivity contribution is -0.162. The maximum Gasteiger partial charge on any atom is 0.361 e. The third kappa shape index (κ3) is 11.7. The minimum atomic E-state index is -1.40. The van der Waals surface area contributed by atoms with Crippen LogP contribution in [0.15, 0.2) is 146 Å². The van der Waals surface area contributed by atoms with E-state index in [1.165, 1.54) is 35.1 Å². The van der Waals surface area contributed by atoms with E-state index in [9.17, 15) is 33.9 Å². The lowest BCUT2D eigenvalue weighted by Gasteiger charge is -2.49. The van der Waals surface area contributed by atoms with Crippen molar-refractivity contribution in [1.82, 2.24) is 19.6 Å². The third-order valence-electron chi connectivity index (χ3n) is 11.2. The number of hydrogen-bond acceptors (Lipinski definition) is 18. The molecule has 1 fully saturated rings. The highest BCUT2D eigenvalue weighted by Gasteiger charge is 2.55. The van der Waals surface area contributed by atoms with Crippen molar-refractivity contribution in [3.05, 3.63) is 176 Å². The predicted octanol–water partition coefficient (Wildman–Crippen LogP) is 7.94. The first-order chi connectivity index (χ1) is 35.1. The first kappa shape index (κ1) is 52.5. The van der Waals surface area contributed by atoms with Crippen LogP contribution in [0.4, 0.5) is 5.13 Å². The number of H-pyrrole nitrogens is 1. The van der Waals surface area contributed by atoms with Crippen LogP contribution in [-0.2, 0) is 45.6 Å². The Morgan fingerprint density at radius 3 is 2.10 bits per heavy atom. The van der Waals surface area contributed by atoms with E-state index in [-0.39, 0.29) is 39.4 Å². The molecular weight excluding hydrogens is 1030 g/mol. The number of carboxylic acid groups (broad SMARTS) is 1. The summed E-state index contributed by atoms with van der Waals surface area (Å²) in [5.41, 5.74) is -0.850. The van der Waals surface area contributed by atoms with E-state index in [0.717, 1.165) is 51.7 Å². The van der Waals surface area contributed by atoms with Gasteiger partial charge in [-0.05, 0) is 67.0 Å². The summed E-state index contributed by atoms with van der Waals surface area (Å²) in [6.45, 7) is 4.98. The molecule has 2 aliphatic heterocycles. The standard InChI is InChI=1S/C51H48N6O11S5/c1-50(2,3)67-46(64)47(69-5)68-55-37(35-28-72-49(52-35)54-51(31-15-9-6-10-16-31,32-17-11-7-12-18-32)33-19-13-8-14-20-33)41(59)53-38-42(60)57-39(45(63)66-25-29-21-23-34(65-4)24-22-29)30(26-70-43(38)57)27-71-48-36(44(61)62)40(58)56-73-48/h6-24,28,38,43,47H,25-27H2,1-5H3,(H,52,54)(H,53,59)(H,56,58)(H,61,62)/b55-37-. The Bertz CT molecular complexity index is 3010. The average Bonchev–Trinajstić information content (AvgIpc) is 4.02. The van der Waals surface area contributed by atoms with E-state index in [2.05, 4.69) is 20.2 Å². The Morgan fingerprint density at radius 2 is 1.53 bits per heavy atom. The van der Waals surface area contributed by atoms with Gasteiger partial charge in [0.2, 0.25) is 0 Å². The van der Waals surface area contributed by atoms with Crippen LogP contribution in [0, 0.1) is 0 Å². The summed E-state index contributed by atoms with van der Waals surface area (Å²) in [6.07, 6.45) is 1.62. The summed E-state index contributed by atoms with van der Waals surface area (Å²) in [5.74, 6) is -3.66. The van der Waals surface area contributed by atoms with Gasteiger partial charge >= 0.3 is 17.9 Å². The number of rotatable bonds is 20. The van der Waals surface area contributed by atoms with E-state index in [1.54, 1.807) is 56.7 Å². The van der Waals surface area contributed by atoms with Gasteiger partial charge in [-0.2, -0.15) is 0 Å². The number of benzene rings is 4. The van der Waals surface area contributed by atoms with Gasteiger partial charge in [0, 0.05) is 16.9 Å². The van der Waals surface area contributed by atoms with Gasteiger partial charge in [0.15, 0.2) is 16.4 Å². The maximum atomic E-state index is 14.7. The summed E-state index contributed by atoms with van der Waals surface area (Å²) in [7, 11) is 1.53. The zero-order valence-electron chi connectivity index (χ0n) is 39.8. The van der Waals surface area contributed by atoms with Gasteiger partial charge in [0.25, 0.3) is 22.8 Å². The van der Waals surface area contributed by atoms with E-state index >= 15 is 0 Å². The number of fused-ring (bicyclic) bond motifs is 1. The van der Waals surface area contributed by atoms with Crippen LogP contribution in [0.5, 0.6) is 5.75 Å². The van der Waals surface area contributed by atoms with Crippen molar-refractivity contribution in [2.24, 2.45) is 5.16 Å². The molecule has 0 aliphatic carbocycles. The number of nitrogens with zero attached hydrogens (tertiary/aromatic N) is 3. The summed E-state index contributed by atoms with van der Waals surface area (Å²) in [4.78, 5) is 92.5. The molecule has 0 bridgehead atoms. The van der Waals surface area contributed by atoms with Crippen molar-refractivity contribution in [3.8, 4) is 5.75 Å². The predicted molar refractivity (Wildman–Crippen MR) is 283 cm³/mol. The summed E-state index contributed by atoms with van der Waals surface area (Å²) < 4.78 is 19.2. The zero-order chi connectivity index (χ0) is 51.9. The molecule has 3 unspecified atom stereocenters. The molecule has 4 N–H and O–H groups in total. The number of carbonyl (C=O) groups excluding carboxylic acids is 4. The number of β-lactam (4-membered cyclic amide) rings is 1. The Labute approximate surface area is 440 Å². The second-order valence-electron chi connectivity index (χ2n) is 17.2. The van der Waals surface area contributed by atoms with Crippen LogP contribution in [0.1, 0.15) is 59.1 Å². The van der Waals surface area contributed by atoms with Crippen LogP contribution in [0.3, 0.4) is 0 Å². The molecule has 4 heterocycles. The van der Waals surface area contributed by atoms with E-state index < -0.39 is 68.8 Å². The molecule has 0 saturated carbocycles. The van der Waals surface area contributed by atoms with E-state index in [4.69, 9.17) is 24.0 Å². The van der Waals surface area contributed by atoms with Crippen molar-refractivity contribution in [3.63, 3.8) is 0 Å². The molecular formula is C51H48N6O11S5. The second kappa shape index (κ2) is 22.9. The minimum absolute atomic E-state index is 0.0320. The second-order valence-corrected chi connectivity index (χ2v) is 22.1. The monoisotopic (exact) mass is 1080 g/mol. The summed E-state index contributed by atoms with van der Waals surface area (Å²) >= 11 is 5.35. The fourth-order valence-corrected chi connectivity index (χ4v) is 12.4. The Kier molecular flexibility index (Phi) is 16.5. The van der Waals surface area contributed by atoms with Crippen molar-refractivity contribution >= 4 is 98.7 Å². The molecule has 0 radical (unpaired) electrons. The minimum Gasteiger partial charge on any atom is -0.497 e. The number of ether oxygens (including phenoxy) is 3. The fourth-order valence-electron chi connectivity index (χ4n) is 7.88. The lowest BCUT2D eigenvalue weighted by Crippen LogP contribution is -2.71. The first-order valence-corrected chi connectivity index (χ1v) is 27.4. The number of anilines is 1. The van der Waals surface area contributed by atoms with Gasteiger partial charge in [-0.15, -0.1) is 46.6 Å². The molecule has 4 aromatic carbocycles. The van der Waals surface area contributed by atoms with Crippen molar-refractivity contribution < 1.29 is 48.1 Å². The smallest absolute Gasteiger partial charge is 0.361 e. The number of aromatic nitrogens is 2. The number of carboxylic acids is 1.